The third-order valence-electron chi connectivity index (χ3n) is 6.77. The van der Waals surface area contributed by atoms with Crippen LogP contribution in [0, 0.1) is 20.8 Å². The predicted octanol–water partition coefficient (Wildman–Crippen LogP) is 6.61. The number of sulfonamides is 1. The Balaban J connectivity index is 1.39. The van der Waals surface area contributed by atoms with E-state index in [0.29, 0.717) is 35.8 Å². The Morgan fingerprint density at radius 1 is 1.03 bits per heavy atom. The summed E-state index contributed by atoms with van der Waals surface area (Å²) < 4.78 is 31.4. The van der Waals surface area contributed by atoms with Gasteiger partial charge in [-0.25, -0.2) is 12.9 Å². The standard InChI is InChI=1S/C27H28BrClN4O2S/c1-17-12-18(2)27(19(3)13-17)36(34,35)32-10-8-21(9-11-32)31-26-15-20(22-6-4-5-7-24(22)29)14-25-23(28)16-30-33(25)26/h4-7,12-16,21,31H,8-11H2,1-3H3. The monoisotopic (exact) mass is 586 g/mol. The Morgan fingerprint density at radius 3 is 2.36 bits per heavy atom. The Labute approximate surface area is 225 Å². The maximum absolute atomic E-state index is 13.5. The lowest BCUT2D eigenvalue weighted by molar-refractivity contribution is 0.329. The molecule has 0 bridgehead atoms. The third-order valence-corrected chi connectivity index (χ3v) is 9.91. The molecule has 0 atom stereocenters. The molecule has 1 saturated heterocycles. The highest BCUT2D eigenvalue weighted by molar-refractivity contribution is 9.10. The Hall–Kier alpha value is -2.39. The minimum atomic E-state index is -3.55. The summed E-state index contributed by atoms with van der Waals surface area (Å²) in [6.07, 6.45) is 3.17. The van der Waals surface area contributed by atoms with Crippen LogP contribution in [0.15, 0.2) is 64.1 Å². The van der Waals surface area contributed by atoms with Crippen molar-refractivity contribution in [2.45, 2.75) is 44.6 Å². The number of hydrogen-bond acceptors (Lipinski definition) is 4. The van der Waals surface area contributed by atoms with Gasteiger partial charge >= 0.3 is 0 Å². The molecule has 1 N–H and O–H groups in total. The van der Waals surface area contributed by atoms with Crippen LogP contribution in [-0.4, -0.2) is 41.5 Å². The molecule has 0 spiro atoms. The number of hydrogen-bond donors (Lipinski definition) is 1. The zero-order valence-electron chi connectivity index (χ0n) is 20.4. The number of halogens is 2. The molecular formula is C27H28BrClN4O2S. The van der Waals surface area contributed by atoms with Crippen LogP contribution < -0.4 is 5.32 Å². The molecule has 5 rings (SSSR count). The summed E-state index contributed by atoms with van der Waals surface area (Å²) in [6.45, 7) is 6.66. The van der Waals surface area contributed by atoms with Crippen LogP contribution in [0.25, 0.3) is 16.6 Å². The average molecular weight is 588 g/mol. The lowest BCUT2D eigenvalue weighted by atomic mass is 10.0. The van der Waals surface area contributed by atoms with Crippen LogP contribution in [0.2, 0.25) is 5.02 Å². The molecule has 2 aromatic heterocycles. The van der Waals surface area contributed by atoms with E-state index >= 15 is 0 Å². The summed E-state index contributed by atoms with van der Waals surface area (Å²) >= 11 is 10.1. The van der Waals surface area contributed by atoms with Gasteiger partial charge in [0.25, 0.3) is 0 Å². The van der Waals surface area contributed by atoms with E-state index in [4.69, 9.17) is 11.6 Å². The van der Waals surface area contributed by atoms with Crippen molar-refractivity contribution >= 4 is 48.9 Å². The van der Waals surface area contributed by atoms with Crippen molar-refractivity contribution in [1.82, 2.24) is 13.9 Å². The molecule has 0 amide bonds. The molecule has 36 heavy (non-hydrogen) atoms. The molecule has 1 fully saturated rings. The van der Waals surface area contributed by atoms with Gasteiger partial charge < -0.3 is 5.32 Å². The fraction of sp³-hybridized carbons (Fsp3) is 0.296. The van der Waals surface area contributed by atoms with Gasteiger partial charge in [-0.3, -0.25) is 0 Å². The molecule has 6 nitrogen and oxygen atoms in total. The summed E-state index contributed by atoms with van der Waals surface area (Å²) in [5.41, 5.74) is 5.54. The summed E-state index contributed by atoms with van der Waals surface area (Å²) in [6, 6.07) is 15.9. The van der Waals surface area contributed by atoms with Crippen LogP contribution in [0.3, 0.4) is 0 Å². The van der Waals surface area contributed by atoms with E-state index in [9.17, 15) is 8.42 Å². The van der Waals surface area contributed by atoms with Crippen molar-refractivity contribution in [2.24, 2.45) is 0 Å². The van der Waals surface area contributed by atoms with Crippen LogP contribution in [0.1, 0.15) is 29.5 Å². The number of nitrogens with one attached hydrogen (secondary N) is 1. The van der Waals surface area contributed by atoms with E-state index in [1.165, 1.54) is 0 Å². The van der Waals surface area contributed by atoms with Gasteiger partial charge in [0, 0.05) is 29.7 Å². The number of benzene rings is 2. The number of pyridine rings is 1. The summed E-state index contributed by atoms with van der Waals surface area (Å²) in [5, 5.41) is 8.84. The van der Waals surface area contributed by atoms with Crippen molar-refractivity contribution in [3.8, 4) is 11.1 Å². The first-order valence-electron chi connectivity index (χ1n) is 11.9. The zero-order valence-corrected chi connectivity index (χ0v) is 23.6. The van der Waals surface area contributed by atoms with Gasteiger partial charge in [0.05, 0.1) is 21.1 Å². The first-order chi connectivity index (χ1) is 17.1. The van der Waals surface area contributed by atoms with Crippen LogP contribution in [0.5, 0.6) is 0 Å². The molecule has 1 aliphatic heterocycles. The van der Waals surface area contributed by atoms with Crippen LogP contribution in [-0.2, 0) is 10.0 Å². The molecule has 188 valence electrons. The largest absolute Gasteiger partial charge is 0.367 e. The highest BCUT2D eigenvalue weighted by Crippen LogP contribution is 2.34. The van der Waals surface area contributed by atoms with E-state index in [0.717, 1.165) is 43.6 Å². The van der Waals surface area contributed by atoms with Gasteiger partial charge in [0.15, 0.2) is 0 Å². The topological polar surface area (TPSA) is 66.7 Å². The molecule has 3 heterocycles. The SMILES string of the molecule is Cc1cc(C)c(S(=O)(=O)N2CCC(Nc3cc(-c4ccccc4Cl)cc4c(Br)cnn34)CC2)c(C)c1. The molecular weight excluding hydrogens is 560 g/mol. The van der Waals surface area contributed by atoms with Crippen LogP contribution in [0.4, 0.5) is 5.82 Å². The Kier molecular flexibility index (Phi) is 6.89. The molecule has 0 aliphatic carbocycles. The number of rotatable bonds is 5. The second-order valence-corrected chi connectivity index (χ2v) is 12.6. The minimum absolute atomic E-state index is 0.115. The zero-order chi connectivity index (χ0) is 25.6. The van der Waals surface area contributed by atoms with Crippen LogP contribution >= 0.6 is 27.5 Å². The second kappa shape index (κ2) is 9.82. The van der Waals surface area contributed by atoms with Gasteiger partial charge in [0.1, 0.15) is 5.82 Å². The number of nitrogens with zero attached hydrogens (tertiary/aromatic N) is 3. The van der Waals surface area contributed by atoms with Crippen molar-refractivity contribution in [3.05, 3.63) is 80.9 Å². The highest BCUT2D eigenvalue weighted by Gasteiger charge is 2.32. The van der Waals surface area contributed by atoms with Gasteiger partial charge in [-0.15, -0.1) is 0 Å². The predicted molar refractivity (Wildman–Crippen MR) is 149 cm³/mol. The molecule has 1 aliphatic rings. The molecule has 0 saturated carbocycles. The van der Waals surface area contributed by atoms with Crippen molar-refractivity contribution < 1.29 is 8.42 Å². The minimum Gasteiger partial charge on any atom is -0.367 e. The van der Waals surface area contributed by atoms with Crippen molar-refractivity contribution in [3.63, 3.8) is 0 Å². The Morgan fingerprint density at radius 2 is 1.69 bits per heavy atom. The average Bonchev–Trinajstić information content (AvgIpc) is 3.20. The number of aryl methyl sites for hydroxylation is 3. The molecule has 2 aromatic carbocycles. The van der Waals surface area contributed by atoms with E-state index in [1.54, 1.807) is 10.5 Å². The maximum Gasteiger partial charge on any atom is 0.243 e. The van der Waals surface area contributed by atoms with Crippen molar-refractivity contribution in [2.75, 3.05) is 18.4 Å². The van der Waals surface area contributed by atoms with Gasteiger partial charge in [-0.05, 0) is 84.4 Å². The summed E-state index contributed by atoms with van der Waals surface area (Å²) in [5.74, 6) is 0.847. The molecule has 0 unspecified atom stereocenters. The van der Waals surface area contributed by atoms with Gasteiger partial charge in [-0.1, -0.05) is 47.5 Å². The smallest absolute Gasteiger partial charge is 0.243 e. The first kappa shape index (κ1) is 25.3. The number of fused-ring (bicyclic) bond motifs is 1. The lowest BCUT2D eigenvalue weighted by Crippen LogP contribution is -2.42. The molecule has 0 radical (unpaired) electrons. The quantitative estimate of drug-likeness (QED) is 0.285. The Bertz CT molecular complexity index is 1540. The van der Waals surface area contributed by atoms with Crippen molar-refractivity contribution in [1.29, 1.82) is 0 Å². The van der Waals surface area contributed by atoms with E-state index in [2.05, 4.69) is 38.5 Å². The number of anilines is 1. The normalized spacial score (nSPS) is 15.5. The van der Waals surface area contributed by atoms with E-state index in [1.807, 2.05) is 61.7 Å². The highest BCUT2D eigenvalue weighted by atomic mass is 79.9. The van der Waals surface area contributed by atoms with Gasteiger partial charge in [0.2, 0.25) is 10.0 Å². The maximum atomic E-state index is 13.5. The van der Waals surface area contributed by atoms with E-state index in [-0.39, 0.29) is 6.04 Å². The fourth-order valence-electron chi connectivity index (χ4n) is 5.16. The molecule has 4 aromatic rings. The van der Waals surface area contributed by atoms with Gasteiger partial charge in [-0.2, -0.15) is 9.40 Å². The third kappa shape index (κ3) is 4.67. The number of piperidine rings is 1. The lowest BCUT2D eigenvalue weighted by Gasteiger charge is -2.33. The first-order valence-corrected chi connectivity index (χ1v) is 14.5. The fourth-order valence-corrected chi connectivity index (χ4v) is 7.66. The summed E-state index contributed by atoms with van der Waals surface area (Å²) in [4.78, 5) is 0.440. The number of aromatic nitrogens is 2. The van der Waals surface area contributed by atoms with E-state index < -0.39 is 10.0 Å². The second-order valence-electron chi connectivity index (χ2n) is 9.45. The molecule has 9 heteroatoms. The summed E-state index contributed by atoms with van der Waals surface area (Å²) in [7, 11) is -3.55.